The van der Waals surface area contributed by atoms with Crippen LogP contribution in [-0.4, -0.2) is 0 Å². The quantitative estimate of drug-likeness (QED) is 0.163. The minimum atomic E-state index is 0.851. The molecule has 0 bridgehead atoms. The van der Waals surface area contributed by atoms with Crippen LogP contribution >= 0.6 is 0 Å². The molecule has 0 spiro atoms. The number of anilines is 3. The fourth-order valence-corrected chi connectivity index (χ4v) is 7.84. The highest BCUT2D eigenvalue weighted by Crippen LogP contribution is 2.49. The summed E-state index contributed by atoms with van der Waals surface area (Å²) in [4.78, 5) is 2.32. The fourth-order valence-electron chi connectivity index (χ4n) is 7.84. The first kappa shape index (κ1) is 33.2. The molecule has 9 aromatic rings. The van der Waals surface area contributed by atoms with Gasteiger partial charge in [-0.05, 0) is 116 Å². The zero-order valence-corrected chi connectivity index (χ0v) is 30.7. The number of hydrogen-bond donors (Lipinski definition) is 0. The van der Waals surface area contributed by atoms with Gasteiger partial charge in [0.15, 0.2) is 0 Å². The van der Waals surface area contributed by atoms with Gasteiger partial charge in [0.1, 0.15) is 11.5 Å². The Bertz CT molecular complexity index is 2690. The molecule has 1 aliphatic rings. The van der Waals surface area contributed by atoms with Crippen LogP contribution in [0.4, 0.5) is 17.1 Å². The molecule has 0 saturated carbocycles. The van der Waals surface area contributed by atoms with Gasteiger partial charge >= 0.3 is 0 Å². The molecule has 2 heteroatoms. The van der Waals surface area contributed by atoms with Crippen molar-refractivity contribution in [3.63, 3.8) is 0 Å². The summed E-state index contributed by atoms with van der Waals surface area (Å²) in [5, 5.41) is 0. The molecule has 0 aliphatic carbocycles. The molecule has 0 amide bonds. The van der Waals surface area contributed by atoms with Crippen LogP contribution in [0.25, 0.3) is 66.8 Å². The Morgan fingerprint density at radius 1 is 0.232 bits per heavy atom. The summed E-state index contributed by atoms with van der Waals surface area (Å²) < 4.78 is 6.79. The zero-order valence-electron chi connectivity index (χ0n) is 30.7. The van der Waals surface area contributed by atoms with E-state index in [9.17, 15) is 0 Å². The lowest BCUT2D eigenvalue weighted by atomic mass is 9.92. The maximum atomic E-state index is 6.79. The van der Waals surface area contributed by atoms with Gasteiger partial charge in [0.05, 0.1) is 0 Å². The van der Waals surface area contributed by atoms with Crippen LogP contribution < -0.4 is 9.64 Å². The standard InChI is InChI=1S/C54H37NO/c1-4-12-38(13-5-1)41-20-28-46(29-21-41)55(47-30-22-42(23-31-47)39-14-6-2-7-15-39)48-32-24-43(25-33-48)45-26-34-51-49-18-10-11-19-50(49)52-36-44(40-16-8-3-9-17-40)27-35-53(52)56-54(51)37-45/h1-37H. The van der Waals surface area contributed by atoms with Crippen LogP contribution in [0.15, 0.2) is 224 Å². The highest BCUT2D eigenvalue weighted by Gasteiger charge is 2.22. The molecule has 9 aromatic carbocycles. The van der Waals surface area contributed by atoms with E-state index < -0.39 is 0 Å². The number of benzene rings is 9. The molecule has 0 unspecified atom stereocenters. The number of ether oxygens (including phenoxy) is 1. The van der Waals surface area contributed by atoms with E-state index in [-0.39, 0.29) is 0 Å². The van der Waals surface area contributed by atoms with E-state index in [1.54, 1.807) is 0 Å². The lowest BCUT2D eigenvalue weighted by Crippen LogP contribution is -2.09. The van der Waals surface area contributed by atoms with E-state index in [0.717, 1.165) is 50.8 Å². The first-order valence-corrected chi connectivity index (χ1v) is 19.1. The SMILES string of the molecule is c1ccc(-c2ccc(N(c3ccc(-c4ccccc4)cc3)c3ccc(-c4ccc5c(c4)Oc4ccc(-c6ccccc6)cc4-c4ccccc4-5)cc3)cc2)cc1. The maximum Gasteiger partial charge on any atom is 0.135 e. The van der Waals surface area contributed by atoms with Crippen molar-refractivity contribution in [1.29, 1.82) is 0 Å². The molecule has 264 valence electrons. The molecule has 0 radical (unpaired) electrons. The molecule has 56 heavy (non-hydrogen) atoms. The van der Waals surface area contributed by atoms with Gasteiger partial charge in [0.25, 0.3) is 0 Å². The van der Waals surface area contributed by atoms with E-state index in [1.807, 2.05) is 0 Å². The normalized spacial score (nSPS) is 11.4. The molecule has 0 saturated heterocycles. The van der Waals surface area contributed by atoms with Crippen LogP contribution in [-0.2, 0) is 0 Å². The van der Waals surface area contributed by atoms with Gasteiger partial charge in [0, 0.05) is 28.2 Å². The predicted molar refractivity (Wildman–Crippen MR) is 234 cm³/mol. The third kappa shape index (κ3) is 6.34. The van der Waals surface area contributed by atoms with Gasteiger partial charge in [-0.1, -0.05) is 164 Å². The van der Waals surface area contributed by atoms with Crippen LogP contribution in [0, 0.1) is 0 Å². The number of fused-ring (bicyclic) bond motifs is 5. The van der Waals surface area contributed by atoms with Crippen molar-refractivity contribution in [2.75, 3.05) is 4.90 Å². The summed E-state index contributed by atoms with van der Waals surface area (Å²) in [5.41, 5.74) is 17.2. The van der Waals surface area contributed by atoms with Gasteiger partial charge in [0.2, 0.25) is 0 Å². The number of nitrogens with zero attached hydrogens (tertiary/aromatic N) is 1. The van der Waals surface area contributed by atoms with Crippen LogP contribution in [0.5, 0.6) is 11.5 Å². The van der Waals surface area contributed by atoms with E-state index in [2.05, 4.69) is 229 Å². The van der Waals surface area contributed by atoms with Crippen LogP contribution in [0.1, 0.15) is 0 Å². The smallest absolute Gasteiger partial charge is 0.135 e. The lowest BCUT2D eigenvalue weighted by Gasteiger charge is -2.26. The molecule has 2 nitrogen and oxygen atoms in total. The Labute approximate surface area is 328 Å². The van der Waals surface area contributed by atoms with Gasteiger partial charge in [-0.3, -0.25) is 0 Å². The maximum absolute atomic E-state index is 6.79. The second-order valence-corrected chi connectivity index (χ2v) is 14.1. The minimum Gasteiger partial charge on any atom is -0.456 e. The molecule has 0 fully saturated rings. The Hall–Kier alpha value is -7.42. The van der Waals surface area contributed by atoms with Crippen molar-refractivity contribution in [3.8, 4) is 78.3 Å². The topological polar surface area (TPSA) is 12.5 Å². The largest absolute Gasteiger partial charge is 0.456 e. The minimum absolute atomic E-state index is 0.851. The summed E-state index contributed by atoms with van der Waals surface area (Å²) in [6, 6.07) is 79.9. The summed E-state index contributed by atoms with van der Waals surface area (Å²) in [6.45, 7) is 0. The first-order valence-electron chi connectivity index (χ1n) is 19.1. The van der Waals surface area contributed by atoms with E-state index in [0.29, 0.717) is 0 Å². The van der Waals surface area contributed by atoms with Crippen molar-refractivity contribution >= 4 is 17.1 Å². The number of hydrogen-bond acceptors (Lipinski definition) is 2. The highest BCUT2D eigenvalue weighted by atomic mass is 16.5. The van der Waals surface area contributed by atoms with Crippen molar-refractivity contribution in [1.82, 2.24) is 0 Å². The van der Waals surface area contributed by atoms with Crippen LogP contribution in [0.3, 0.4) is 0 Å². The molecule has 0 aromatic heterocycles. The second kappa shape index (κ2) is 14.4. The predicted octanol–water partition coefficient (Wildman–Crippen LogP) is 15.3. The summed E-state index contributed by atoms with van der Waals surface area (Å²) >= 11 is 0. The highest BCUT2D eigenvalue weighted by molar-refractivity contribution is 5.93. The lowest BCUT2D eigenvalue weighted by molar-refractivity contribution is 0.488. The third-order valence-electron chi connectivity index (χ3n) is 10.7. The average molecular weight is 716 g/mol. The molecular formula is C54H37NO. The van der Waals surface area contributed by atoms with Gasteiger partial charge in [-0.25, -0.2) is 0 Å². The van der Waals surface area contributed by atoms with Gasteiger partial charge in [-0.2, -0.15) is 0 Å². The van der Waals surface area contributed by atoms with Crippen molar-refractivity contribution in [2.24, 2.45) is 0 Å². The molecular weight excluding hydrogens is 679 g/mol. The Balaban J connectivity index is 1.00. The first-order chi connectivity index (χ1) is 27.7. The van der Waals surface area contributed by atoms with E-state index in [1.165, 1.54) is 44.5 Å². The fraction of sp³-hybridized carbons (Fsp3) is 0. The van der Waals surface area contributed by atoms with Crippen molar-refractivity contribution < 1.29 is 4.74 Å². The summed E-state index contributed by atoms with van der Waals surface area (Å²) in [7, 11) is 0. The van der Waals surface area contributed by atoms with Crippen molar-refractivity contribution in [3.05, 3.63) is 224 Å². The monoisotopic (exact) mass is 715 g/mol. The second-order valence-electron chi connectivity index (χ2n) is 14.1. The average Bonchev–Trinajstić information content (AvgIpc) is 3.42. The Morgan fingerprint density at radius 2 is 0.589 bits per heavy atom. The molecule has 0 atom stereocenters. The van der Waals surface area contributed by atoms with Gasteiger partial charge in [-0.15, -0.1) is 0 Å². The van der Waals surface area contributed by atoms with E-state index >= 15 is 0 Å². The third-order valence-corrected chi connectivity index (χ3v) is 10.7. The van der Waals surface area contributed by atoms with Gasteiger partial charge < -0.3 is 9.64 Å². The summed E-state index contributed by atoms with van der Waals surface area (Å²) in [5.74, 6) is 1.71. The molecule has 0 N–H and O–H groups in total. The Morgan fingerprint density at radius 3 is 1.09 bits per heavy atom. The zero-order chi connectivity index (χ0) is 37.3. The molecule has 1 aliphatic heterocycles. The van der Waals surface area contributed by atoms with Crippen molar-refractivity contribution in [2.45, 2.75) is 0 Å². The number of rotatable bonds is 7. The summed E-state index contributed by atoms with van der Waals surface area (Å²) in [6.07, 6.45) is 0. The molecule has 10 rings (SSSR count). The molecule has 1 heterocycles. The van der Waals surface area contributed by atoms with Crippen LogP contribution in [0.2, 0.25) is 0 Å². The van der Waals surface area contributed by atoms with E-state index in [4.69, 9.17) is 4.74 Å². The Kier molecular flexibility index (Phi) is 8.55.